The summed E-state index contributed by atoms with van der Waals surface area (Å²) < 4.78 is 3.42. The van der Waals surface area contributed by atoms with E-state index >= 15 is 0 Å². The summed E-state index contributed by atoms with van der Waals surface area (Å²) in [5.74, 6) is 2.06. The van der Waals surface area contributed by atoms with Gasteiger partial charge in [0, 0.05) is 34.7 Å². The molecular formula is C18H28INS. The van der Waals surface area contributed by atoms with Gasteiger partial charge in [0.25, 0.3) is 0 Å². The Morgan fingerprint density at radius 1 is 1.57 bits per heavy atom. The predicted octanol–water partition coefficient (Wildman–Crippen LogP) is 6.20. The van der Waals surface area contributed by atoms with E-state index in [1.54, 1.807) is 4.91 Å². The molecule has 21 heavy (non-hydrogen) atoms. The number of hydrogen-bond donors (Lipinski definition) is 1. The van der Waals surface area contributed by atoms with Crippen LogP contribution in [0.1, 0.15) is 46.0 Å². The molecule has 0 aromatic carbocycles. The molecule has 1 aliphatic rings. The molecule has 3 heteroatoms. The molecule has 118 valence electrons. The number of allylic oxidation sites excluding steroid dienone is 5. The van der Waals surface area contributed by atoms with Gasteiger partial charge in [-0.1, -0.05) is 43.7 Å². The van der Waals surface area contributed by atoms with Crippen LogP contribution in [0.15, 0.2) is 47.4 Å². The zero-order valence-corrected chi connectivity index (χ0v) is 16.3. The van der Waals surface area contributed by atoms with Crippen molar-refractivity contribution >= 4 is 34.6 Å². The Kier molecular flexibility index (Phi) is 10.5. The molecule has 0 aromatic heterocycles. The van der Waals surface area contributed by atoms with Crippen LogP contribution in [0.2, 0.25) is 0 Å². The van der Waals surface area contributed by atoms with Crippen molar-refractivity contribution in [3.05, 3.63) is 47.4 Å². The predicted molar refractivity (Wildman–Crippen MR) is 107 cm³/mol. The standard InChI is InChI=1S/C18H28INS/c1-4-6-7-10-16(5-2)18(20-19)12-9-8-11-17-13-15(3)14-21-17/h4-5,7,10,13,15,18,20H,1,6,8-9,11-12,14H2,2-3H3/b10-7-,16-5+/t15-,18?/m1/s1. The smallest absolute Gasteiger partial charge is 0.0409 e. The summed E-state index contributed by atoms with van der Waals surface area (Å²) in [4.78, 5) is 1.61. The molecule has 0 aromatic rings. The van der Waals surface area contributed by atoms with Crippen molar-refractivity contribution in [3.8, 4) is 0 Å². The maximum Gasteiger partial charge on any atom is 0.0409 e. The van der Waals surface area contributed by atoms with Crippen molar-refractivity contribution in [3.63, 3.8) is 0 Å². The molecule has 0 spiro atoms. The van der Waals surface area contributed by atoms with Crippen molar-refractivity contribution < 1.29 is 0 Å². The van der Waals surface area contributed by atoms with Crippen LogP contribution >= 0.6 is 34.6 Å². The van der Waals surface area contributed by atoms with Crippen LogP contribution in [0.3, 0.4) is 0 Å². The van der Waals surface area contributed by atoms with Crippen molar-refractivity contribution in [1.82, 2.24) is 3.53 Å². The average Bonchev–Trinajstić information content (AvgIpc) is 2.90. The highest BCUT2D eigenvalue weighted by Crippen LogP contribution is 2.32. The monoisotopic (exact) mass is 417 g/mol. The lowest BCUT2D eigenvalue weighted by molar-refractivity contribution is 0.607. The topological polar surface area (TPSA) is 12.0 Å². The lowest BCUT2D eigenvalue weighted by atomic mass is 10.00. The Balaban J connectivity index is 2.32. The van der Waals surface area contributed by atoms with Crippen LogP contribution in [0.25, 0.3) is 0 Å². The third kappa shape index (κ3) is 7.71. The minimum absolute atomic E-state index is 0.459. The van der Waals surface area contributed by atoms with Gasteiger partial charge >= 0.3 is 0 Å². The second-order valence-corrected chi connectivity index (χ2v) is 7.31. The second-order valence-electron chi connectivity index (χ2n) is 5.54. The fraction of sp³-hybridized carbons (Fsp3) is 0.556. The first-order valence-electron chi connectivity index (χ1n) is 7.84. The summed E-state index contributed by atoms with van der Waals surface area (Å²) in [5, 5.41) is 0. The maximum absolute atomic E-state index is 3.76. The van der Waals surface area contributed by atoms with Gasteiger partial charge in [0.1, 0.15) is 0 Å². The summed E-state index contributed by atoms with van der Waals surface area (Å²) in [5.41, 5.74) is 1.38. The number of nitrogens with one attached hydrogen (secondary N) is 1. The molecule has 0 radical (unpaired) electrons. The number of halogens is 1. The van der Waals surface area contributed by atoms with E-state index in [4.69, 9.17) is 0 Å². The molecular weight excluding hydrogens is 389 g/mol. The minimum Gasteiger partial charge on any atom is -0.254 e. The lowest BCUT2D eigenvalue weighted by Gasteiger charge is -2.16. The number of thioether (sulfide) groups is 1. The molecule has 1 nitrogen and oxygen atoms in total. The fourth-order valence-corrected chi connectivity index (χ4v) is 4.31. The molecule has 1 heterocycles. The summed E-state index contributed by atoms with van der Waals surface area (Å²) >= 11 is 4.33. The first kappa shape index (κ1) is 19.0. The minimum atomic E-state index is 0.459. The van der Waals surface area contributed by atoms with Crippen LogP contribution in [0.5, 0.6) is 0 Å². The first-order valence-corrected chi connectivity index (χ1v) is 9.91. The average molecular weight is 417 g/mol. The Labute approximate surface area is 148 Å². The van der Waals surface area contributed by atoms with Gasteiger partial charge in [-0.15, -0.1) is 18.3 Å². The lowest BCUT2D eigenvalue weighted by Crippen LogP contribution is -2.21. The zero-order chi connectivity index (χ0) is 15.5. The van der Waals surface area contributed by atoms with Gasteiger partial charge in [0.2, 0.25) is 0 Å². The van der Waals surface area contributed by atoms with E-state index < -0.39 is 0 Å². The molecule has 0 amide bonds. The van der Waals surface area contributed by atoms with Crippen LogP contribution in [0.4, 0.5) is 0 Å². The maximum atomic E-state index is 3.76. The fourth-order valence-electron chi connectivity index (χ4n) is 2.45. The van der Waals surface area contributed by atoms with Gasteiger partial charge in [0.15, 0.2) is 0 Å². The highest BCUT2D eigenvalue weighted by atomic mass is 127. The summed E-state index contributed by atoms with van der Waals surface area (Å²) in [6.07, 6.45) is 17.0. The highest BCUT2D eigenvalue weighted by Gasteiger charge is 2.13. The third-order valence-corrected chi connectivity index (χ3v) is 5.80. The third-order valence-electron chi connectivity index (χ3n) is 3.65. The molecule has 0 aliphatic carbocycles. The molecule has 1 rings (SSSR count). The first-order chi connectivity index (χ1) is 10.2. The molecule has 1 unspecified atom stereocenters. The van der Waals surface area contributed by atoms with Crippen LogP contribution < -0.4 is 3.53 Å². The Bertz CT molecular complexity index is 398. The van der Waals surface area contributed by atoms with Crippen LogP contribution in [-0.2, 0) is 0 Å². The number of rotatable bonds is 10. The number of unbranched alkanes of at least 4 members (excludes halogenated alkanes) is 1. The van der Waals surface area contributed by atoms with Gasteiger partial charge in [-0.25, -0.2) is 0 Å². The number of hydrogen-bond acceptors (Lipinski definition) is 2. The molecule has 0 saturated carbocycles. The van der Waals surface area contributed by atoms with E-state index in [0.717, 1.165) is 12.3 Å². The van der Waals surface area contributed by atoms with E-state index in [1.165, 1.54) is 37.0 Å². The van der Waals surface area contributed by atoms with Crippen molar-refractivity contribution in [2.75, 3.05) is 5.75 Å². The summed E-state index contributed by atoms with van der Waals surface area (Å²) in [6.45, 7) is 8.19. The van der Waals surface area contributed by atoms with Gasteiger partial charge in [-0.3, -0.25) is 3.53 Å². The van der Waals surface area contributed by atoms with Gasteiger partial charge in [-0.2, -0.15) is 0 Å². The summed E-state index contributed by atoms with van der Waals surface area (Å²) in [6, 6.07) is 0.459. The molecule has 2 atom stereocenters. The molecule has 0 bridgehead atoms. The van der Waals surface area contributed by atoms with E-state index in [1.807, 2.05) is 6.08 Å². The van der Waals surface area contributed by atoms with E-state index in [0.29, 0.717) is 6.04 Å². The van der Waals surface area contributed by atoms with E-state index in [-0.39, 0.29) is 0 Å². The van der Waals surface area contributed by atoms with Crippen molar-refractivity contribution in [2.24, 2.45) is 5.92 Å². The van der Waals surface area contributed by atoms with Crippen molar-refractivity contribution in [1.29, 1.82) is 0 Å². The largest absolute Gasteiger partial charge is 0.254 e. The molecule has 1 aliphatic heterocycles. The van der Waals surface area contributed by atoms with Crippen LogP contribution in [0, 0.1) is 5.92 Å². The SMILES string of the molecule is C=CC/C=C\C(=C/C)C(CCCCC1=C[C@@H](C)CS1)NI. The Morgan fingerprint density at radius 2 is 2.38 bits per heavy atom. The van der Waals surface area contributed by atoms with Gasteiger partial charge < -0.3 is 0 Å². The van der Waals surface area contributed by atoms with E-state index in [9.17, 15) is 0 Å². The molecule has 0 fully saturated rings. The second kappa shape index (κ2) is 11.6. The highest BCUT2D eigenvalue weighted by molar-refractivity contribution is 14.1. The molecule has 0 saturated heterocycles. The van der Waals surface area contributed by atoms with Gasteiger partial charge in [0.05, 0.1) is 0 Å². The Morgan fingerprint density at radius 3 is 2.95 bits per heavy atom. The summed E-state index contributed by atoms with van der Waals surface area (Å²) in [7, 11) is 0. The Hall–Kier alpha value is -0.000000000000000111. The zero-order valence-electron chi connectivity index (χ0n) is 13.3. The molecule has 1 N–H and O–H groups in total. The van der Waals surface area contributed by atoms with E-state index in [2.05, 4.69) is 82.9 Å². The van der Waals surface area contributed by atoms with Gasteiger partial charge in [-0.05, 0) is 49.0 Å². The normalized spacial score (nSPS) is 20.8. The van der Waals surface area contributed by atoms with Crippen molar-refractivity contribution in [2.45, 2.75) is 52.0 Å². The van der Waals surface area contributed by atoms with Crippen LogP contribution in [-0.4, -0.2) is 11.8 Å². The quantitative estimate of drug-likeness (QED) is 0.149.